The lowest BCUT2D eigenvalue weighted by Gasteiger charge is -2.20. The summed E-state index contributed by atoms with van der Waals surface area (Å²) in [5.41, 5.74) is -1.38. The van der Waals surface area contributed by atoms with Crippen LogP contribution in [0.15, 0.2) is 15.8 Å². The highest BCUT2D eigenvalue weighted by atomic mass is 32.2. The zero-order chi connectivity index (χ0) is 22.3. The number of aromatic nitrogens is 2. The van der Waals surface area contributed by atoms with Gasteiger partial charge in [0.05, 0.1) is 12.6 Å². The second-order valence-electron chi connectivity index (χ2n) is 6.54. The maximum absolute atomic E-state index is 12.3. The highest BCUT2D eigenvalue weighted by Gasteiger charge is 2.44. The number of carbonyl (C=O) groups excluding carboxylic acids is 2. The first kappa shape index (κ1) is 23.9. The lowest BCUT2D eigenvalue weighted by Crippen LogP contribution is -2.39. The number of amides is 1. The molecule has 2 rings (SSSR count). The van der Waals surface area contributed by atoms with Gasteiger partial charge in [-0.1, -0.05) is 30.5 Å². The molecule has 1 saturated heterocycles. The molecule has 0 aliphatic carbocycles. The Bertz CT molecular complexity index is 946. The highest BCUT2D eigenvalue weighted by Crippen LogP contribution is 2.31. The molecule has 2 heterocycles. The lowest BCUT2D eigenvalue weighted by atomic mass is 10.1. The van der Waals surface area contributed by atoms with Crippen molar-refractivity contribution >= 4 is 22.8 Å². The van der Waals surface area contributed by atoms with Gasteiger partial charge in [0.15, 0.2) is 11.3 Å². The Morgan fingerprint density at radius 1 is 1.43 bits per heavy atom. The van der Waals surface area contributed by atoms with E-state index in [9.17, 15) is 24.3 Å². The van der Waals surface area contributed by atoms with E-state index in [-0.39, 0.29) is 29.6 Å². The van der Waals surface area contributed by atoms with Crippen molar-refractivity contribution in [1.82, 2.24) is 14.9 Å². The van der Waals surface area contributed by atoms with E-state index in [1.807, 2.05) is 6.92 Å². The van der Waals surface area contributed by atoms with Gasteiger partial charge < -0.3 is 19.9 Å². The fourth-order valence-corrected chi connectivity index (χ4v) is 3.53. The van der Waals surface area contributed by atoms with Crippen molar-refractivity contribution in [2.24, 2.45) is 0 Å². The third-order valence-corrected chi connectivity index (χ3v) is 5.28. The van der Waals surface area contributed by atoms with Gasteiger partial charge in [-0.15, -0.1) is 0 Å². The van der Waals surface area contributed by atoms with Crippen molar-refractivity contribution < 1.29 is 24.2 Å². The van der Waals surface area contributed by atoms with Gasteiger partial charge >= 0.3 is 5.69 Å². The molecule has 0 radical (unpaired) electrons. The second kappa shape index (κ2) is 11.1. The number of methoxy groups -OCH3 is 1. The van der Waals surface area contributed by atoms with Crippen LogP contribution in [-0.2, 0) is 19.1 Å². The maximum atomic E-state index is 12.3. The van der Waals surface area contributed by atoms with E-state index in [2.05, 4.69) is 22.1 Å². The highest BCUT2D eigenvalue weighted by molar-refractivity contribution is 8.13. The van der Waals surface area contributed by atoms with Crippen LogP contribution in [0.1, 0.15) is 38.5 Å². The number of H-pyrrole nitrogens is 1. The van der Waals surface area contributed by atoms with Crippen LogP contribution in [0.2, 0.25) is 0 Å². The van der Waals surface area contributed by atoms with Gasteiger partial charge in [-0.25, -0.2) is 4.79 Å². The fraction of sp³-hybridized carbons (Fsp3) is 0.579. The topological polar surface area (TPSA) is 140 Å². The molecule has 1 fully saturated rings. The molecule has 11 heteroatoms. The molecule has 1 aromatic rings. The van der Waals surface area contributed by atoms with Crippen molar-refractivity contribution in [3.63, 3.8) is 0 Å². The van der Waals surface area contributed by atoms with Gasteiger partial charge in [-0.2, -0.15) is 0 Å². The Balaban J connectivity index is 2.10. The van der Waals surface area contributed by atoms with Crippen LogP contribution < -0.4 is 16.6 Å². The van der Waals surface area contributed by atoms with Gasteiger partial charge in [0, 0.05) is 32.4 Å². The molecule has 0 aromatic carbocycles. The third-order valence-electron chi connectivity index (χ3n) is 4.46. The van der Waals surface area contributed by atoms with Crippen molar-refractivity contribution in [2.75, 3.05) is 19.4 Å². The van der Waals surface area contributed by atoms with Crippen molar-refractivity contribution in [1.29, 1.82) is 0 Å². The van der Waals surface area contributed by atoms with Crippen LogP contribution in [0.5, 0.6) is 0 Å². The van der Waals surface area contributed by atoms with E-state index in [0.29, 0.717) is 12.2 Å². The van der Waals surface area contributed by atoms with Gasteiger partial charge in [0.2, 0.25) is 5.91 Å². The molecule has 10 nitrogen and oxygen atoms in total. The Hall–Kier alpha value is -2.39. The SMILES string of the molecule is CC[C@H]1O[C@@H](n2cc(C#CCNC(=O)CCSC(C)=O)c(=O)[nH]c2=O)C(OC)[C@H]1O. The number of nitrogens with one attached hydrogen (secondary N) is 2. The number of carbonyl (C=O) groups is 2. The Morgan fingerprint density at radius 2 is 2.17 bits per heavy atom. The summed E-state index contributed by atoms with van der Waals surface area (Å²) >= 11 is 1.06. The zero-order valence-corrected chi connectivity index (χ0v) is 17.8. The van der Waals surface area contributed by atoms with E-state index in [0.717, 1.165) is 16.3 Å². The van der Waals surface area contributed by atoms with E-state index in [1.54, 1.807) is 0 Å². The smallest absolute Gasteiger partial charge is 0.330 e. The zero-order valence-electron chi connectivity index (χ0n) is 17.0. The van der Waals surface area contributed by atoms with Crippen LogP contribution in [0, 0.1) is 11.8 Å². The number of aromatic amines is 1. The normalized spacial score (nSPS) is 22.9. The molecule has 1 aromatic heterocycles. The predicted molar refractivity (Wildman–Crippen MR) is 110 cm³/mol. The summed E-state index contributed by atoms with van der Waals surface area (Å²) in [6.07, 6.45) is -1.19. The Morgan fingerprint density at radius 3 is 2.80 bits per heavy atom. The van der Waals surface area contributed by atoms with Gasteiger partial charge in [0.25, 0.3) is 5.56 Å². The second-order valence-corrected chi connectivity index (χ2v) is 7.81. The average molecular weight is 439 g/mol. The summed E-state index contributed by atoms with van der Waals surface area (Å²) in [4.78, 5) is 49.0. The minimum atomic E-state index is -0.922. The lowest BCUT2D eigenvalue weighted by molar-refractivity contribution is -0.120. The molecule has 1 unspecified atom stereocenters. The first-order valence-electron chi connectivity index (χ1n) is 9.39. The molecule has 0 spiro atoms. The Kier molecular flexibility index (Phi) is 8.86. The summed E-state index contributed by atoms with van der Waals surface area (Å²) in [5, 5.41) is 12.8. The van der Waals surface area contributed by atoms with Crippen LogP contribution in [-0.4, -0.2) is 63.4 Å². The molecular weight excluding hydrogens is 414 g/mol. The number of hydrogen-bond donors (Lipinski definition) is 3. The summed E-state index contributed by atoms with van der Waals surface area (Å²) < 4.78 is 12.2. The predicted octanol–water partition coefficient (Wildman–Crippen LogP) is -0.643. The summed E-state index contributed by atoms with van der Waals surface area (Å²) in [6, 6.07) is 0. The summed E-state index contributed by atoms with van der Waals surface area (Å²) in [7, 11) is 1.40. The van der Waals surface area contributed by atoms with Crippen molar-refractivity contribution in [3.05, 3.63) is 32.6 Å². The molecule has 0 bridgehead atoms. The minimum absolute atomic E-state index is 0.000610. The van der Waals surface area contributed by atoms with Gasteiger partial charge in [0.1, 0.15) is 17.8 Å². The van der Waals surface area contributed by atoms with Gasteiger partial charge in [-0.3, -0.25) is 23.9 Å². The molecule has 164 valence electrons. The summed E-state index contributed by atoms with van der Waals surface area (Å²) in [6.45, 7) is 3.27. The molecule has 4 atom stereocenters. The fourth-order valence-electron chi connectivity index (χ4n) is 2.96. The number of rotatable bonds is 7. The molecule has 30 heavy (non-hydrogen) atoms. The number of nitrogens with zero attached hydrogens (tertiary/aromatic N) is 1. The molecule has 1 aliphatic rings. The van der Waals surface area contributed by atoms with E-state index < -0.39 is 35.8 Å². The maximum Gasteiger partial charge on any atom is 0.330 e. The van der Waals surface area contributed by atoms with Crippen LogP contribution in [0.3, 0.4) is 0 Å². The molecule has 1 aliphatic heterocycles. The van der Waals surface area contributed by atoms with Crippen LogP contribution in [0.25, 0.3) is 0 Å². The standard InChI is InChI=1S/C19H25N3O7S/c1-4-13-15(25)16(28-3)18(29-13)22-10-12(17(26)21-19(22)27)6-5-8-20-14(24)7-9-30-11(2)23/h10,13,15-16,18,25H,4,7-9H2,1-3H3,(H,20,24)(H,21,26,27)/t13-,15+,16?,18-/m1/s1. The molecular formula is C19H25N3O7S. The van der Waals surface area contributed by atoms with Crippen LogP contribution >= 0.6 is 11.8 Å². The molecule has 3 N–H and O–H groups in total. The number of ether oxygens (including phenoxy) is 2. The quantitative estimate of drug-likeness (QED) is 0.477. The number of aliphatic hydroxyl groups excluding tert-OH is 1. The van der Waals surface area contributed by atoms with Crippen molar-refractivity contribution in [2.45, 2.75) is 51.2 Å². The molecule has 0 saturated carbocycles. The first-order chi connectivity index (χ1) is 14.3. The minimum Gasteiger partial charge on any atom is -0.388 e. The third kappa shape index (κ3) is 6.06. The largest absolute Gasteiger partial charge is 0.388 e. The van der Waals surface area contributed by atoms with E-state index >= 15 is 0 Å². The molecule has 1 amide bonds. The number of thioether (sulfide) groups is 1. The van der Waals surface area contributed by atoms with Gasteiger partial charge in [-0.05, 0) is 6.42 Å². The Labute approximate surface area is 177 Å². The number of hydrogen-bond acceptors (Lipinski definition) is 8. The number of aliphatic hydroxyl groups is 1. The van der Waals surface area contributed by atoms with Crippen molar-refractivity contribution in [3.8, 4) is 11.8 Å². The average Bonchev–Trinajstić information content (AvgIpc) is 3.01. The van der Waals surface area contributed by atoms with E-state index in [4.69, 9.17) is 9.47 Å². The monoisotopic (exact) mass is 439 g/mol. The van der Waals surface area contributed by atoms with E-state index in [1.165, 1.54) is 20.2 Å². The first-order valence-corrected chi connectivity index (χ1v) is 10.4. The van der Waals surface area contributed by atoms with Crippen LogP contribution in [0.4, 0.5) is 0 Å². The summed E-state index contributed by atoms with van der Waals surface area (Å²) in [5.74, 6) is 5.38.